The highest BCUT2D eigenvalue weighted by molar-refractivity contribution is 5.86. The van der Waals surface area contributed by atoms with Gasteiger partial charge in [0.1, 0.15) is 11.3 Å². The Bertz CT molecular complexity index is 833. The van der Waals surface area contributed by atoms with Gasteiger partial charge in [0.15, 0.2) is 6.61 Å². The Hall–Kier alpha value is -2.30. The summed E-state index contributed by atoms with van der Waals surface area (Å²) in [5.74, 6) is 0.541. The summed E-state index contributed by atoms with van der Waals surface area (Å²) in [4.78, 5) is 26.0. The van der Waals surface area contributed by atoms with Gasteiger partial charge in [0, 0.05) is 29.6 Å². The van der Waals surface area contributed by atoms with E-state index in [-0.39, 0.29) is 18.1 Å². The molecule has 1 aromatic carbocycles. The first-order chi connectivity index (χ1) is 11.6. The molecule has 0 N–H and O–H groups in total. The van der Waals surface area contributed by atoms with E-state index in [9.17, 15) is 9.59 Å². The molecule has 2 aromatic rings. The van der Waals surface area contributed by atoms with E-state index in [0.717, 1.165) is 41.3 Å². The van der Waals surface area contributed by atoms with Gasteiger partial charge in [0.05, 0.1) is 0 Å². The number of amides is 1. The molecular formula is C19H23NO4. The average molecular weight is 329 g/mol. The zero-order valence-electron chi connectivity index (χ0n) is 14.5. The number of rotatable bonds is 5. The van der Waals surface area contributed by atoms with Gasteiger partial charge in [-0.25, -0.2) is 4.79 Å². The zero-order chi connectivity index (χ0) is 17.3. The number of carbonyl (C=O) groups is 1. The average Bonchev–Trinajstić information content (AvgIpc) is 3.07. The minimum absolute atomic E-state index is 0.0107. The molecule has 128 valence electrons. The number of aryl methyl sites for hydroxylation is 2. The van der Waals surface area contributed by atoms with E-state index >= 15 is 0 Å². The fourth-order valence-electron chi connectivity index (χ4n) is 3.43. The standard InChI is InChI=1S/C19H23NO4/c1-4-20(5-2)17(21)11-23-16-10-9-14-13-7-6-8-15(13)19(22)24-18(14)12(16)3/h9-10H,4-8,11H2,1-3H3. The molecule has 0 radical (unpaired) electrons. The third-order valence-electron chi connectivity index (χ3n) is 4.81. The second-order valence-electron chi connectivity index (χ2n) is 6.12. The minimum atomic E-state index is -0.241. The molecule has 0 atom stereocenters. The predicted molar refractivity (Wildman–Crippen MR) is 92.7 cm³/mol. The molecule has 0 unspecified atom stereocenters. The summed E-state index contributed by atoms with van der Waals surface area (Å²) in [6.07, 6.45) is 2.70. The molecule has 24 heavy (non-hydrogen) atoms. The molecule has 0 saturated heterocycles. The number of likely N-dealkylation sites (N-methyl/N-ethyl adjacent to an activating group) is 1. The van der Waals surface area contributed by atoms with Crippen molar-refractivity contribution in [3.05, 3.63) is 39.2 Å². The molecule has 0 spiro atoms. The summed E-state index contributed by atoms with van der Waals surface area (Å²) in [6, 6.07) is 3.80. The largest absolute Gasteiger partial charge is 0.483 e. The summed E-state index contributed by atoms with van der Waals surface area (Å²) in [7, 11) is 0. The van der Waals surface area contributed by atoms with Crippen LogP contribution in [-0.2, 0) is 17.6 Å². The molecule has 1 heterocycles. The summed E-state index contributed by atoms with van der Waals surface area (Å²) >= 11 is 0. The maximum absolute atomic E-state index is 12.2. The normalized spacial score (nSPS) is 13.1. The quantitative estimate of drug-likeness (QED) is 0.792. The molecule has 1 aliphatic rings. The fourth-order valence-corrected chi connectivity index (χ4v) is 3.43. The molecule has 0 fully saturated rings. The van der Waals surface area contributed by atoms with Crippen LogP contribution in [0.25, 0.3) is 11.0 Å². The Morgan fingerprint density at radius 2 is 1.92 bits per heavy atom. The van der Waals surface area contributed by atoms with E-state index in [1.54, 1.807) is 4.90 Å². The van der Waals surface area contributed by atoms with Crippen molar-refractivity contribution in [1.29, 1.82) is 0 Å². The topological polar surface area (TPSA) is 59.8 Å². The van der Waals surface area contributed by atoms with Crippen LogP contribution in [-0.4, -0.2) is 30.5 Å². The highest BCUT2D eigenvalue weighted by atomic mass is 16.5. The van der Waals surface area contributed by atoms with Crippen LogP contribution in [0.5, 0.6) is 5.75 Å². The Morgan fingerprint density at radius 1 is 1.21 bits per heavy atom. The van der Waals surface area contributed by atoms with Crippen molar-refractivity contribution in [2.45, 2.75) is 40.0 Å². The first-order valence-electron chi connectivity index (χ1n) is 8.55. The summed E-state index contributed by atoms with van der Waals surface area (Å²) in [5, 5.41) is 0.988. The van der Waals surface area contributed by atoms with Crippen molar-refractivity contribution >= 4 is 16.9 Å². The van der Waals surface area contributed by atoms with E-state index in [4.69, 9.17) is 9.15 Å². The summed E-state index contributed by atoms with van der Waals surface area (Å²) in [6.45, 7) is 7.07. The third-order valence-corrected chi connectivity index (χ3v) is 4.81. The van der Waals surface area contributed by atoms with E-state index in [1.807, 2.05) is 32.9 Å². The Labute approximate surface area is 141 Å². The van der Waals surface area contributed by atoms with E-state index < -0.39 is 0 Å². The summed E-state index contributed by atoms with van der Waals surface area (Å²) in [5.41, 5.74) is 3.02. The predicted octanol–water partition coefficient (Wildman–Crippen LogP) is 2.84. The van der Waals surface area contributed by atoms with Gasteiger partial charge in [-0.15, -0.1) is 0 Å². The van der Waals surface area contributed by atoms with Crippen LogP contribution in [0, 0.1) is 6.92 Å². The molecule has 0 aliphatic heterocycles. The lowest BCUT2D eigenvalue weighted by atomic mass is 10.0. The van der Waals surface area contributed by atoms with Crippen molar-refractivity contribution in [3.8, 4) is 5.75 Å². The number of fused-ring (bicyclic) bond motifs is 3. The van der Waals surface area contributed by atoms with Crippen LogP contribution >= 0.6 is 0 Å². The van der Waals surface area contributed by atoms with Gasteiger partial charge >= 0.3 is 5.63 Å². The minimum Gasteiger partial charge on any atom is -0.483 e. The van der Waals surface area contributed by atoms with E-state index in [2.05, 4.69) is 0 Å². The number of hydrogen-bond donors (Lipinski definition) is 0. The second-order valence-corrected chi connectivity index (χ2v) is 6.12. The molecule has 1 amide bonds. The second kappa shape index (κ2) is 6.67. The highest BCUT2D eigenvalue weighted by Crippen LogP contribution is 2.32. The molecule has 0 bridgehead atoms. The van der Waals surface area contributed by atoms with Gasteiger partial charge < -0.3 is 14.1 Å². The zero-order valence-corrected chi connectivity index (χ0v) is 14.5. The molecule has 0 saturated carbocycles. The van der Waals surface area contributed by atoms with E-state index in [0.29, 0.717) is 24.4 Å². The molecule has 3 rings (SSSR count). The van der Waals surface area contributed by atoms with Gasteiger partial charge in [-0.05, 0) is 57.7 Å². The first-order valence-corrected chi connectivity index (χ1v) is 8.55. The molecular weight excluding hydrogens is 306 g/mol. The van der Waals surface area contributed by atoms with Crippen LogP contribution < -0.4 is 10.4 Å². The van der Waals surface area contributed by atoms with Gasteiger partial charge in [0.25, 0.3) is 5.91 Å². The van der Waals surface area contributed by atoms with Crippen LogP contribution in [0.2, 0.25) is 0 Å². The lowest BCUT2D eigenvalue weighted by molar-refractivity contribution is -0.132. The van der Waals surface area contributed by atoms with Crippen LogP contribution in [0.4, 0.5) is 0 Å². The third kappa shape index (κ3) is 2.79. The number of hydrogen-bond acceptors (Lipinski definition) is 4. The molecule has 1 aliphatic carbocycles. The van der Waals surface area contributed by atoms with Gasteiger partial charge in [-0.1, -0.05) is 0 Å². The Kier molecular flexibility index (Phi) is 4.60. The fraction of sp³-hybridized carbons (Fsp3) is 0.474. The highest BCUT2D eigenvalue weighted by Gasteiger charge is 2.21. The Balaban J connectivity index is 1.91. The van der Waals surface area contributed by atoms with Crippen LogP contribution in [0.15, 0.2) is 21.3 Å². The molecule has 5 nitrogen and oxygen atoms in total. The van der Waals surface area contributed by atoms with Crippen molar-refractivity contribution in [2.24, 2.45) is 0 Å². The van der Waals surface area contributed by atoms with Crippen LogP contribution in [0.3, 0.4) is 0 Å². The maximum Gasteiger partial charge on any atom is 0.339 e. The van der Waals surface area contributed by atoms with Gasteiger partial charge in [0.2, 0.25) is 0 Å². The maximum atomic E-state index is 12.2. The SMILES string of the molecule is CCN(CC)C(=O)COc1ccc2c3c(c(=O)oc2c1C)CCC3. The number of benzene rings is 1. The lowest BCUT2D eigenvalue weighted by Gasteiger charge is -2.19. The molecule has 1 aromatic heterocycles. The first kappa shape index (κ1) is 16.6. The Morgan fingerprint density at radius 3 is 2.62 bits per heavy atom. The van der Waals surface area contributed by atoms with E-state index in [1.165, 1.54) is 0 Å². The summed E-state index contributed by atoms with van der Waals surface area (Å²) < 4.78 is 11.2. The number of ether oxygens (including phenoxy) is 1. The monoisotopic (exact) mass is 329 g/mol. The van der Waals surface area contributed by atoms with Crippen molar-refractivity contribution in [2.75, 3.05) is 19.7 Å². The van der Waals surface area contributed by atoms with Crippen molar-refractivity contribution in [3.63, 3.8) is 0 Å². The number of carbonyl (C=O) groups excluding carboxylic acids is 1. The van der Waals surface area contributed by atoms with Gasteiger partial charge in [-0.3, -0.25) is 4.79 Å². The molecule has 5 heteroatoms. The van der Waals surface area contributed by atoms with Gasteiger partial charge in [-0.2, -0.15) is 0 Å². The smallest absolute Gasteiger partial charge is 0.339 e. The lowest BCUT2D eigenvalue weighted by Crippen LogP contribution is -2.34. The van der Waals surface area contributed by atoms with Crippen molar-refractivity contribution in [1.82, 2.24) is 4.90 Å². The number of nitrogens with zero attached hydrogens (tertiary/aromatic N) is 1. The van der Waals surface area contributed by atoms with Crippen LogP contribution in [0.1, 0.15) is 37.0 Å². The van der Waals surface area contributed by atoms with Crippen molar-refractivity contribution < 1.29 is 13.9 Å².